The lowest BCUT2D eigenvalue weighted by Gasteiger charge is -2.38. The molecule has 0 radical (unpaired) electrons. The predicted molar refractivity (Wildman–Crippen MR) is 177 cm³/mol. The molecular weight excluding hydrogens is 622 g/mol. The second-order valence-corrected chi connectivity index (χ2v) is 12.1. The van der Waals surface area contributed by atoms with E-state index in [0.29, 0.717) is 54.0 Å². The SMILES string of the molecule is COc1cc2c(Oc3ccc(NC(=O)C4(C(=O)Nc5ccc(F)cc5)CCC4)cc3F)ncnc2cc1OCCCN1CCN(C)CC1. The first-order chi connectivity index (χ1) is 23.2. The van der Waals surface area contributed by atoms with Gasteiger partial charge >= 0.3 is 0 Å². The number of hydrogen-bond donors (Lipinski definition) is 2. The number of ether oxygens (including phenoxy) is 3. The zero-order valence-corrected chi connectivity index (χ0v) is 26.9. The summed E-state index contributed by atoms with van der Waals surface area (Å²) in [5, 5.41) is 5.85. The van der Waals surface area contributed by atoms with E-state index in [1.54, 1.807) is 12.1 Å². The Bertz CT molecular complexity index is 1780. The summed E-state index contributed by atoms with van der Waals surface area (Å²) in [5.41, 5.74) is -0.242. The first kappa shape index (κ1) is 33.0. The van der Waals surface area contributed by atoms with Gasteiger partial charge in [-0.1, -0.05) is 6.42 Å². The fraction of sp³-hybridized carbons (Fsp3) is 0.371. The molecule has 13 heteroatoms. The Labute approximate surface area is 277 Å². The second kappa shape index (κ2) is 14.5. The molecule has 0 unspecified atom stereocenters. The molecule has 2 amide bonds. The zero-order valence-electron chi connectivity index (χ0n) is 26.9. The number of fused-ring (bicyclic) bond motifs is 1. The van der Waals surface area contributed by atoms with Crippen LogP contribution in [0.15, 0.2) is 60.9 Å². The first-order valence-electron chi connectivity index (χ1n) is 16.0. The number of methoxy groups -OCH3 is 1. The highest BCUT2D eigenvalue weighted by molar-refractivity contribution is 6.15. The fourth-order valence-electron chi connectivity index (χ4n) is 5.82. The lowest BCUT2D eigenvalue weighted by molar-refractivity contribution is -0.142. The summed E-state index contributed by atoms with van der Waals surface area (Å²) in [6.07, 6.45) is 3.55. The average Bonchev–Trinajstić information content (AvgIpc) is 3.05. The van der Waals surface area contributed by atoms with E-state index in [2.05, 4.69) is 37.4 Å². The van der Waals surface area contributed by atoms with Crippen molar-refractivity contribution in [3.8, 4) is 23.1 Å². The highest BCUT2D eigenvalue weighted by atomic mass is 19.1. The van der Waals surface area contributed by atoms with Crippen molar-refractivity contribution in [2.75, 3.05) is 64.1 Å². The molecule has 252 valence electrons. The van der Waals surface area contributed by atoms with Crippen LogP contribution in [0.5, 0.6) is 23.1 Å². The van der Waals surface area contributed by atoms with Crippen LogP contribution in [0.2, 0.25) is 0 Å². The van der Waals surface area contributed by atoms with Crippen molar-refractivity contribution in [2.24, 2.45) is 5.41 Å². The number of hydrogen-bond acceptors (Lipinski definition) is 9. The third-order valence-corrected chi connectivity index (χ3v) is 8.93. The summed E-state index contributed by atoms with van der Waals surface area (Å²) >= 11 is 0. The number of nitrogens with one attached hydrogen (secondary N) is 2. The van der Waals surface area contributed by atoms with Gasteiger partial charge in [0.05, 0.1) is 24.6 Å². The number of aromatic nitrogens is 2. The predicted octanol–water partition coefficient (Wildman–Crippen LogP) is 5.47. The molecule has 1 aromatic heterocycles. The molecule has 2 N–H and O–H groups in total. The van der Waals surface area contributed by atoms with Crippen molar-refractivity contribution >= 4 is 34.1 Å². The number of carbonyl (C=O) groups excluding carboxylic acids is 2. The zero-order chi connectivity index (χ0) is 33.7. The van der Waals surface area contributed by atoms with E-state index in [4.69, 9.17) is 14.2 Å². The van der Waals surface area contributed by atoms with Crippen LogP contribution in [-0.2, 0) is 9.59 Å². The van der Waals surface area contributed by atoms with Gasteiger partial charge < -0.3 is 34.6 Å². The van der Waals surface area contributed by atoms with Crippen molar-refractivity contribution in [1.29, 1.82) is 0 Å². The lowest BCUT2D eigenvalue weighted by atomic mass is 9.67. The van der Waals surface area contributed by atoms with E-state index < -0.39 is 28.9 Å². The number of halogens is 2. The molecule has 11 nitrogen and oxygen atoms in total. The molecule has 1 saturated heterocycles. The summed E-state index contributed by atoms with van der Waals surface area (Å²) in [6, 6.07) is 12.7. The van der Waals surface area contributed by atoms with Crippen molar-refractivity contribution in [1.82, 2.24) is 19.8 Å². The maximum Gasteiger partial charge on any atom is 0.240 e. The van der Waals surface area contributed by atoms with Gasteiger partial charge in [0.25, 0.3) is 0 Å². The number of amides is 2. The van der Waals surface area contributed by atoms with Gasteiger partial charge in [0.1, 0.15) is 17.6 Å². The summed E-state index contributed by atoms with van der Waals surface area (Å²) < 4.78 is 46.1. The van der Waals surface area contributed by atoms with Crippen LogP contribution in [0.1, 0.15) is 25.7 Å². The van der Waals surface area contributed by atoms with E-state index in [1.165, 1.54) is 49.8 Å². The quantitative estimate of drug-likeness (QED) is 0.151. The number of anilines is 2. The highest BCUT2D eigenvalue weighted by Gasteiger charge is 2.51. The number of likely N-dealkylation sites (N-methyl/N-ethyl adjacent to an activating group) is 1. The van der Waals surface area contributed by atoms with Gasteiger partial charge in [-0.05, 0) is 68.8 Å². The molecule has 48 heavy (non-hydrogen) atoms. The van der Waals surface area contributed by atoms with Gasteiger partial charge in [0.2, 0.25) is 17.7 Å². The molecular formula is C35H38F2N6O5. The summed E-state index contributed by atoms with van der Waals surface area (Å²) in [4.78, 5) is 39.7. The molecule has 0 atom stereocenters. The first-order valence-corrected chi connectivity index (χ1v) is 16.0. The number of carbonyl (C=O) groups is 2. The minimum Gasteiger partial charge on any atom is -0.493 e. The number of piperazine rings is 1. The van der Waals surface area contributed by atoms with Crippen LogP contribution < -0.4 is 24.8 Å². The third kappa shape index (κ3) is 7.32. The molecule has 6 rings (SSSR count). The summed E-state index contributed by atoms with van der Waals surface area (Å²) in [7, 11) is 3.67. The lowest BCUT2D eigenvalue weighted by Crippen LogP contribution is -2.50. The van der Waals surface area contributed by atoms with E-state index in [-0.39, 0.29) is 17.3 Å². The van der Waals surface area contributed by atoms with Crippen molar-refractivity contribution in [2.45, 2.75) is 25.7 Å². The van der Waals surface area contributed by atoms with E-state index in [1.807, 2.05) is 0 Å². The third-order valence-electron chi connectivity index (χ3n) is 8.93. The summed E-state index contributed by atoms with van der Waals surface area (Å²) in [5.74, 6) is -1.23. The Morgan fingerprint density at radius 2 is 1.58 bits per heavy atom. The van der Waals surface area contributed by atoms with E-state index >= 15 is 4.39 Å². The molecule has 0 spiro atoms. The fourth-order valence-corrected chi connectivity index (χ4v) is 5.82. The van der Waals surface area contributed by atoms with Crippen molar-refractivity contribution in [3.05, 3.63) is 72.6 Å². The van der Waals surface area contributed by atoms with Crippen LogP contribution in [0, 0.1) is 17.0 Å². The van der Waals surface area contributed by atoms with Crippen LogP contribution in [0.25, 0.3) is 10.9 Å². The Kier molecular flexibility index (Phi) is 9.97. The second-order valence-electron chi connectivity index (χ2n) is 12.1. The number of rotatable bonds is 12. The van der Waals surface area contributed by atoms with Gasteiger partial charge in [-0.25, -0.2) is 18.7 Å². The topological polar surface area (TPSA) is 118 Å². The minimum absolute atomic E-state index is 0.112. The minimum atomic E-state index is -1.31. The molecule has 2 heterocycles. The number of nitrogens with zero attached hydrogens (tertiary/aromatic N) is 4. The summed E-state index contributed by atoms with van der Waals surface area (Å²) in [6.45, 7) is 5.69. The van der Waals surface area contributed by atoms with Gasteiger partial charge in [-0.2, -0.15) is 0 Å². The molecule has 1 aliphatic heterocycles. The maximum atomic E-state index is 15.3. The molecule has 0 bridgehead atoms. The van der Waals surface area contributed by atoms with Gasteiger partial charge in [0, 0.05) is 56.2 Å². The smallest absolute Gasteiger partial charge is 0.240 e. The van der Waals surface area contributed by atoms with Gasteiger partial charge in [-0.15, -0.1) is 0 Å². The molecule has 2 aliphatic rings. The van der Waals surface area contributed by atoms with Crippen molar-refractivity contribution < 1.29 is 32.6 Å². The molecule has 1 aliphatic carbocycles. The Morgan fingerprint density at radius 3 is 2.25 bits per heavy atom. The van der Waals surface area contributed by atoms with Crippen LogP contribution >= 0.6 is 0 Å². The Hall–Kier alpha value is -4.88. The number of benzene rings is 3. The van der Waals surface area contributed by atoms with E-state index in [0.717, 1.165) is 45.2 Å². The molecule has 3 aromatic carbocycles. The molecule has 2 fully saturated rings. The normalized spacial score (nSPS) is 16.2. The van der Waals surface area contributed by atoms with Gasteiger partial charge in [0.15, 0.2) is 23.1 Å². The van der Waals surface area contributed by atoms with Crippen LogP contribution in [-0.4, -0.2) is 85.1 Å². The molecule has 4 aromatic rings. The van der Waals surface area contributed by atoms with Gasteiger partial charge in [-0.3, -0.25) is 9.59 Å². The van der Waals surface area contributed by atoms with E-state index in [9.17, 15) is 14.0 Å². The highest BCUT2D eigenvalue weighted by Crippen LogP contribution is 2.43. The Morgan fingerprint density at radius 1 is 0.875 bits per heavy atom. The van der Waals surface area contributed by atoms with Crippen LogP contribution in [0.3, 0.4) is 0 Å². The van der Waals surface area contributed by atoms with Crippen molar-refractivity contribution in [3.63, 3.8) is 0 Å². The Balaban J connectivity index is 1.10. The molecule has 1 saturated carbocycles. The monoisotopic (exact) mass is 660 g/mol. The maximum absolute atomic E-state index is 15.3. The standard InChI is InChI=1S/C35H38F2N6O5/c1-42-14-16-43(17-15-42)13-4-18-47-31-21-28-26(20-30(31)46-2)32(39-22-38-28)48-29-10-9-25(19-27(29)37)41-34(45)35(11-3-12-35)33(44)40-24-7-5-23(36)6-8-24/h5-10,19-22H,3-4,11-18H2,1-2H3,(H,40,44)(H,41,45). The largest absolute Gasteiger partial charge is 0.493 e. The van der Waals surface area contributed by atoms with Crippen LogP contribution in [0.4, 0.5) is 20.2 Å². The average molecular weight is 661 g/mol.